The highest BCUT2D eigenvalue weighted by Gasteiger charge is 2.09. The lowest BCUT2D eigenvalue weighted by Crippen LogP contribution is -2.07. The van der Waals surface area contributed by atoms with E-state index in [0.717, 1.165) is 0 Å². The highest BCUT2D eigenvalue weighted by molar-refractivity contribution is 7.90. The first kappa shape index (κ1) is 11.0. The van der Waals surface area contributed by atoms with Crippen molar-refractivity contribution in [3.8, 4) is 0 Å². The molecule has 1 rings (SSSR count). The first-order chi connectivity index (χ1) is 6.44. The van der Waals surface area contributed by atoms with Gasteiger partial charge in [0.05, 0.1) is 11.4 Å². The SMILES string of the molecule is CCS(=O)(=O)Cc1ccc(F)c(N)c1. The molecule has 0 bridgehead atoms. The summed E-state index contributed by atoms with van der Waals surface area (Å²) in [6, 6.07) is 3.96. The van der Waals surface area contributed by atoms with Crippen LogP contribution in [0.5, 0.6) is 0 Å². The van der Waals surface area contributed by atoms with E-state index < -0.39 is 15.7 Å². The highest BCUT2D eigenvalue weighted by Crippen LogP contribution is 2.14. The molecule has 2 N–H and O–H groups in total. The van der Waals surface area contributed by atoms with E-state index in [9.17, 15) is 12.8 Å². The fraction of sp³-hybridized carbons (Fsp3) is 0.333. The van der Waals surface area contributed by atoms with Crippen LogP contribution in [-0.4, -0.2) is 14.2 Å². The second-order valence-corrected chi connectivity index (χ2v) is 5.39. The molecular formula is C9H12FNO2S. The third kappa shape index (κ3) is 2.70. The van der Waals surface area contributed by atoms with Gasteiger partial charge in [0.25, 0.3) is 0 Å². The van der Waals surface area contributed by atoms with Crippen LogP contribution in [0.25, 0.3) is 0 Å². The Hall–Kier alpha value is -1.10. The molecule has 3 nitrogen and oxygen atoms in total. The predicted molar refractivity (Wildman–Crippen MR) is 54.0 cm³/mol. The van der Waals surface area contributed by atoms with Crippen LogP contribution in [0, 0.1) is 5.82 Å². The van der Waals surface area contributed by atoms with Gasteiger partial charge in [-0.15, -0.1) is 0 Å². The minimum Gasteiger partial charge on any atom is -0.396 e. The Morgan fingerprint density at radius 1 is 1.43 bits per heavy atom. The first-order valence-corrected chi connectivity index (χ1v) is 6.01. The highest BCUT2D eigenvalue weighted by atomic mass is 32.2. The molecule has 1 aromatic rings. The van der Waals surface area contributed by atoms with E-state index in [-0.39, 0.29) is 17.2 Å². The van der Waals surface area contributed by atoms with Crippen molar-refractivity contribution in [3.05, 3.63) is 29.6 Å². The van der Waals surface area contributed by atoms with Gasteiger partial charge in [-0.25, -0.2) is 12.8 Å². The molecule has 0 fully saturated rings. The van der Waals surface area contributed by atoms with Crippen LogP contribution in [0.15, 0.2) is 18.2 Å². The molecular weight excluding hydrogens is 205 g/mol. The van der Waals surface area contributed by atoms with Gasteiger partial charge in [0, 0.05) is 5.75 Å². The lowest BCUT2D eigenvalue weighted by molar-refractivity contribution is 0.596. The third-order valence-electron chi connectivity index (χ3n) is 1.89. The van der Waals surface area contributed by atoms with E-state index >= 15 is 0 Å². The van der Waals surface area contributed by atoms with E-state index in [0.29, 0.717) is 5.56 Å². The largest absolute Gasteiger partial charge is 0.396 e. The van der Waals surface area contributed by atoms with E-state index in [1.54, 1.807) is 6.92 Å². The standard InChI is InChI=1S/C9H12FNO2S/c1-2-14(12,13)6-7-3-4-8(10)9(11)5-7/h3-5H,2,6,11H2,1H3. The van der Waals surface area contributed by atoms with Crippen LogP contribution in [0.4, 0.5) is 10.1 Å². The maximum atomic E-state index is 12.7. The Morgan fingerprint density at radius 3 is 2.57 bits per heavy atom. The van der Waals surface area contributed by atoms with E-state index in [2.05, 4.69) is 0 Å². The van der Waals surface area contributed by atoms with Gasteiger partial charge in [0.15, 0.2) is 9.84 Å². The maximum Gasteiger partial charge on any atom is 0.154 e. The number of rotatable bonds is 3. The lowest BCUT2D eigenvalue weighted by atomic mass is 10.2. The molecule has 0 unspecified atom stereocenters. The first-order valence-electron chi connectivity index (χ1n) is 4.19. The summed E-state index contributed by atoms with van der Waals surface area (Å²) >= 11 is 0. The Morgan fingerprint density at radius 2 is 2.07 bits per heavy atom. The molecule has 0 aliphatic carbocycles. The summed E-state index contributed by atoms with van der Waals surface area (Å²) in [5.74, 6) is -0.541. The zero-order valence-electron chi connectivity index (χ0n) is 7.83. The third-order valence-corrected chi connectivity index (χ3v) is 3.54. The van der Waals surface area contributed by atoms with Gasteiger partial charge >= 0.3 is 0 Å². The number of sulfone groups is 1. The van der Waals surface area contributed by atoms with Crippen molar-refractivity contribution in [2.45, 2.75) is 12.7 Å². The summed E-state index contributed by atoms with van der Waals surface area (Å²) in [5.41, 5.74) is 5.81. The molecule has 1 aromatic carbocycles. The maximum absolute atomic E-state index is 12.7. The van der Waals surface area contributed by atoms with Crippen LogP contribution < -0.4 is 5.73 Å². The van der Waals surface area contributed by atoms with Crippen LogP contribution >= 0.6 is 0 Å². The summed E-state index contributed by atoms with van der Waals surface area (Å²) in [6.45, 7) is 1.57. The molecule has 78 valence electrons. The van der Waals surface area contributed by atoms with Crippen LogP contribution in [-0.2, 0) is 15.6 Å². The van der Waals surface area contributed by atoms with Crippen molar-refractivity contribution in [2.24, 2.45) is 0 Å². The Kier molecular flexibility index (Phi) is 3.10. The van der Waals surface area contributed by atoms with Gasteiger partial charge in [-0.2, -0.15) is 0 Å². The minimum atomic E-state index is -3.08. The summed E-state index contributed by atoms with van der Waals surface area (Å²) in [7, 11) is -3.08. The van der Waals surface area contributed by atoms with Gasteiger partial charge in [-0.3, -0.25) is 0 Å². The van der Waals surface area contributed by atoms with Gasteiger partial charge in [0.1, 0.15) is 5.82 Å². The summed E-state index contributed by atoms with van der Waals surface area (Å²) in [5, 5.41) is 0. The zero-order valence-corrected chi connectivity index (χ0v) is 8.64. The van der Waals surface area contributed by atoms with Crippen molar-refractivity contribution in [1.29, 1.82) is 0 Å². The molecule has 0 aliphatic rings. The molecule has 14 heavy (non-hydrogen) atoms. The van der Waals surface area contributed by atoms with Gasteiger partial charge in [-0.1, -0.05) is 13.0 Å². The predicted octanol–water partition coefficient (Wildman–Crippen LogP) is 1.34. The smallest absolute Gasteiger partial charge is 0.154 e. The average Bonchev–Trinajstić information content (AvgIpc) is 2.11. The van der Waals surface area contributed by atoms with Crippen molar-refractivity contribution >= 4 is 15.5 Å². The Bertz CT molecular complexity index is 428. The molecule has 0 radical (unpaired) electrons. The van der Waals surface area contributed by atoms with Gasteiger partial charge in [-0.05, 0) is 17.7 Å². The van der Waals surface area contributed by atoms with Crippen molar-refractivity contribution < 1.29 is 12.8 Å². The molecule has 0 saturated carbocycles. The molecule has 0 aliphatic heterocycles. The van der Waals surface area contributed by atoms with Crippen LogP contribution in [0.1, 0.15) is 12.5 Å². The Balaban J connectivity index is 2.94. The molecule has 0 saturated heterocycles. The number of nitrogens with two attached hydrogens (primary N) is 1. The molecule has 0 amide bonds. The topological polar surface area (TPSA) is 60.2 Å². The summed E-state index contributed by atoms with van der Waals surface area (Å²) in [6.07, 6.45) is 0. The molecule has 0 heterocycles. The zero-order chi connectivity index (χ0) is 10.8. The van der Waals surface area contributed by atoms with Crippen LogP contribution in [0.3, 0.4) is 0 Å². The average molecular weight is 217 g/mol. The quantitative estimate of drug-likeness (QED) is 0.777. The molecule has 0 atom stereocenters. The monoisotopic (exact) mass is 217 g/mol. The number of benzene rings is 1. The summed E-state index contributed by atoms with van der Waals surface area (Å²) < 4.78 is 35.2. The van der Waals surface area contributed by atoms with Gasteiger partial charge < -0.3 is 5.73 Å². The second-order valence-electron chi connectivity index (χ2n) is 3.03. The van der Waals surface area contributed by atoms with E-state index in [1.165, 1.54) is 18.2 Å². The van der Waals surface area contributed by atoms with Crippen molar-refractivity contribution in [1.82, 2.24) is 0 Å². The summed E-state index contributed by atoms with van der Waals surface area (Å²) in [4.78, 5) is 0. The number of halogens is 1. The second kappa shape index (κ2) is 3.96. The number of hydrogen-bond acceptors (Lipinski definition) is 3. The van der Waals surface area contributed by atoms with Crippen LogP contribution in [0.2, 0.25) is 0 Å². The van der Waals surface area contributed by atoms with Crippen molar-refractivity contribution in [2.75, 3.05) is 11.5 Å². The molecule has 0 spiro atoms. The number of anilines is 1. The number of hydrogen-bond donors (Lipinski definition) is 1. The molecule has 0 aromatic heterocycles. The Labute approximate surface area is 82.7 Å². The van der Waals surface area contributed by atoms with Crippen molar-refractivity contribution in [3.63, 3.8) is 0 Å². The van der Waals surface area contributed by atoms with E-state index in [1.807, 2.05) is 0 Å². The fourth-order valence-electron chi connectivity index (χ4n) is 1.04. The normalized spacial score (nSPS) is 11.6. The fourth-order valence-corrected chi connectivity index (χ4v) is 1.93. The van der Waals surface area contributed by atoms with Gasteiger partial charge in [0.2, 0.25) is 0 Å². The van der Waals surface area contributed by atoms with E-state index in [4.69, 9.17) is 5.73 Å². The number of nitrogen functional groups attached to an aromatic ring is 1. The lowest BCUT2D eigenvalue weighted by Gasteiger charge is -2.03. The minimum absolute atomic E-state index is 0.0196. The molecule has 5 heteroatoms.